The molecule has 75 heavy (non-hydrogen) atoms. The maximum atomic E-state index is 2.52. The third-order valence-electron chi connectivity index (χ3n) is 15.9. The molecular formula is C71H54N4. The van der Waals surface area contributed by atoms with Crippen molar-refractivity contribution in [3.05, 3.63) is 302 Å². The second kappa shape index (κ2) is 18.3. The predicted molar refractivity (Wildman–Crippen MR) is 316 cm³/mol. The molecule has 0 fully saturated rings. The molecule has 3 unspecified atom stereocenters. The van der Waals surface area contributed by atoms with Crippen LogP contribution < -0.4 is 14.7 Å². The normalized spacial score (nSPS) is 17.6. The Bertz CT molecular complexity index is 4060. The topological polar surface area (TPSA) is 14.7 Å². The number of hydrogen-bond acceptors (Lipinski definition) is 3. The fourth-order valence-corrected chi connectivity index (χ4v) is 12.3. The minimum Gasteiger partial charge on any atom is -0.333 e. The molecule has 2 heterocycles. The van der Waals surface area contributed by atoms with Gasteiger partial charge in [0.1, 0.15) is 0 Å². The number of anilines is 7. The molecule has 0 spiro atoms. The van der Waals surface area contributed by atoms with Crippen LogP contribution in [-0.4, -0.2) is 10.6 Å². The lowest BCUT2D eigenvalue weighted by atomic mass is 9.76. The summed E-state index contributed by atoms with van der Waals surface area (Å²) < 4.78 is 2.39. The summed E-state index contributed by atoms with van der Waals surface area (Å²) in [6.07, 6.45) is 17.3. The van der Waals surface area contributed by atoms with Gasteiger partial charge in [0.15, 0.2) is 0 Å². The number of para-hydroxylation sites is 3. The van der Waals surface area contributed by atoms with Gasteiger partial charge in [0.25, 0.3) is 0 Å². The summed E-state index contributed by atoms with van der Waals surface area (Å²) in [7, 11) is 0. The van der Waals surface area contributed by atoms with Crippen LogP contribution in [0.2, 0.25) is 0 Å². The summed E-state index contributed by atoms with van der Waals surface area (Å²) in [4.78, 5) is 7.50. The van der Waals surface area contributed by atoms with Crippen molar-refractivity contribution in [2.45, 2.75) is 30.7 Å². The molecule has 2 aliphatic carbocycles. The molecule has 0 amide bonds. The van der Waals surface area contributed by atoms with E-state index >= 15 is 0 Å². The summed E-state index contributed by atoms with van der Waals surface area (Å²) in [6, 6.07) is 89.0. The van der Waals surface area contributed by atoms with Crippen molar-refractivity contribution >= 4 is 72.4 Å². The van der Waals surface area contributed by atoms with Crippen LogP contribution >= 0.6 is 0 Å². The Morgan fingerprint density at radius 3 is 1.76 bits per heavy atom. The largest absolute Gasteiger partial charge is 0.333 e. The second-order valence-corrected chi connectivity index (χ2v) is 20.2. The fourth-order valence-electron chi connectivity index (χ4n) is 12.3. The van der Waals surface area contributed by atoms with Crippen molar-refractivity contribution in [2.24, 2.45) is 0 Å². The summed E-state index contributed by atoms with van der Waals surface area (Å²) >= 11 is 0. The second-order valence-electron chi connectivity index (χ2n) is 20.2. The van der Waals surface area contributed by atoms with Gasteiger partial charge in [-0.1, -0.05) is 188 Å². The van der Waals surface area contributed by atoms with E-state index in [2.05, 4.69) is 311 Å². The Morgan fingerprint density at radius 1 is 0.453 bits per heavy atom. The molecule has 3 atom stereocenters. The van der Waals surface area contributed by atoms with Gasteiger partial charge < -0.3 is 19.3 Å². The summed E-state index contributed by atoms with van der Waals surface area (Å²) in [6.45, 7) is 2.40. The molecule has 10 aromatic carbocycles. The van der Waals surface area contributed by atoms with Crippen molar-refractivity contribution in [1.29, 1.82) is 0 Å². The molecule has 3 aliphatic rings. The van der Waals surface area contributed by atoms with Crippen molar-refractivity contribution in [2.75, 3.05) is 14.7 Å². The van der Waals surface area contributed by atoms with Crippen molar-refractivity contribution in [1.82, 2.24) is 4.57 Å². The van der Waals surface area contributed by atoms with Gasteiger partial charge in [-0.2, -0.15) is 0 Å². The Balaban J connectivity index is 0.955. The number of rotatable bonds is 10. The average molecular weight is 963 g/mol. The molecule has 0 bridgehead atoms. The smallest absolute Gasteiger partial charge is 0.0655 e. The van der Waals surface area contributed by atoms with Crippen LogP contribution in [0.1, 0.15) is 30.4 Å². The first kappa shape index (κ1) is 44.3. The lowest BCUT2D eigenvalue weighted by Crippen LogP contribution is -2.39. The van der Waals surface area contributed by atoms with Crippen LogP contribution in [0.4, 0.5) is 39.8 Å². The number of hydrogen-bond donors (Lipinski definition) is 0. The molecule has 1 aromatic heterocycles. The molecule has 358 valence electrons. The van der Waals surface area contributed by atoms with Gasteiger partial charge in [0.05, 0.1) is 28.5 Å². The van der Waals surface area contributed by atoms with E-state index in [0.717, 1.165) is 57.0 Å². The van der Waals surface area contributed by atoms with Gasteiger partial charge in [-0.05, 0) is 133 Å². The van der Waals surface area contributed by atoms with Crippen LogP contribution in [0.3, 0.4) is 0 Å². The highest BCUT2D eigenvalue weighted by atomic mass is 15.2. The van der Waals surface area contributed by atoms with E-state index in [0.29, 0.717) is 5.92 Å². The summed E-state index contributed by atoms with van der Waals surface area (Å²) in [5.74, 6) is 0.301. The van der Waals surface area contributed by atoms with Gasteiger partial charge in [0.2, 0.25) is 0 Å². The highest BCUT2D eigenvalue weighted by molar-refractivity contribution is 6.12. The predicted octanol–water partition coefficient (Wildman–Crippen LogP) is 18.7. The van der Waals surface area contributed by atoms with Crippen LogP contribution in [0.5, 0.6) is 0 Å². The van der Waals surface area contributed by atoms with E-state index in [9.17, 15) is 0 Å². The Hall–Kier alpha value is -9.38. The summed E-state index contributed by atoms with van der Waals surface area (Å²) in [5, 5.41) is 4.75. The quantitative estimate of drug-likeness (QED) is 0.136. The molecule has 1 aliphatic heterocycles. The lowest BCUT2D eigenvalue weighted by Gasteiger charge is -2.34. The SMILES string of the molecule is CC12C=CC=CC1N(c1ccccc1)c1ccc(N(C3=CCC(c4ccccc4)C=C3)c3cccc4c(N(c5ccc(-c6ccccc6)cc5)c5ccc6c(c5)c5ccccc5n6-c5ccccc5)cccc34)cc12. The molecule has 4 nitrogen and oxygen atoms in total. The number of allylic oxidation sites excluding steroid dienone is 5. The van der Waals surface area contributed by atoms with E-state index in [-0.39, 0.29) is 11.5 Å². The Labute approximate surface area is 439 Å². The molecule has 14 rings (SSSR count). The van der Waals surface area contributed by atoms with Crippen molar-refractivity contribution < 1.29 is 0 Å². The van der Waals surface area contributed by atoms with Gasteiger partial charge in [-0.15, -0.1) is 0 Å². The zero-order valence-corrected chi connectivity index (χ0v) is 41.8. The monoisotopic (exact) mass is 962 g/mol. The average Bonchev–Trinajstić information content (AvgIpc) is 4.00. The Kier molecular flexibility index (Phi) is 10.8. The van der Waals surface area contributed by atoms with E-state index in [4.69, 9.17) is 0 Å². The lowest BCUT2D eigenvalue weighted by molar-refractivity contribution is 0.551. The van der Waals surface area contributed by atoms with Gasteiger partial charge >= 0.3 is 0 Å². The summed E-state index contributed by atoms with van der Waals surface area (Å²) in [5.41, 5.74) is 17.4. The first-order valence-electron chi connectivity index (χ1n) is 26.2. The maximum absolute atomic E-state index is 2.52. The van der Waals surface area contributed by atoms with Crippen LogP contribution in [-0.2, 0) is 5.41 Å². The highest BCUT2D eigenvalue weighted by Crippen LogP contribution is 2.54. The van der Waals surface area contributed by atoms with Crippen molar-refractivity contribution in [3.63, 3.8) is 0 Å². The Morgan fingerprint density at radius 2 is 1.04 bits per heavy atom. The number of benzene rings is 10. The number of aromatic nitrogens is 1. The van der Waals surface area contributed by atoms with Crippen molar-refractivity contribution in [3.8, 4) is 16.8 Å². The van der Waals surface area contributed by atoms with Crippen LogP contribution in [0.15, 0.2) is 291 Å². The first-order valence-corrected chi connectivity index (χ1v) is 26.2. The van der Waals surface area contributed by atoms with E-state index in [1.54, 1.807) is 0 Å². The van der Waals surface area contributed by atoms with Gasteiger partial charge in [-0.25, -0.2) is 0 Å². The highest BCUT2D eigenvalue weighted by Gasteiger charge is 2.46. The fraction of sp³-hybridized carbons (Fsp3) is 0.0704. The molecule has 0 saturated carbocycles. The first-order chi connectivity index (χ1) is 37.1. The number of fused-ring (bicyclic) bond motifs is 7. The maximum Gasteiger partial charge on any atom is 0.0655 e. The molecule has 0 saturated heterocycles. The minimum atomic E-state index is -0.242. The van der Waals surface area contributed by atoms with E-state index in [1.165, 1.54) is 55.4 Å². The molecule has 0 N–H and O–H groups in total. The molecule has 0 radical (unpaired) electrons. The standard InChI is InChI=1S/C71H54N4/c1-71-47-17-16-34-70(71)75(55-26-12-5-13-27-55)69-46-44-59(49-64(69)71)73(57-41-37-53(38-42-57)51-22-8-3-9-23-51)66-33-19-29-60-61(66)30-18-32-65(60)72(56-39-35-52(36-40-56)50-20-6-2-7-21-50)58-43-45-68-63(48-58)62-28-14-15-31-67(62)74(68)54-24-10-4-11-25-54/h2-37,39-49,53,70H,38H2,1H3. The minimum absolute atomic E-state index is 0.144. The van der Waals surface area contributed by atoms with E-state index in [1.807, 2.05) is 0 Å². The van der Waals surface area contributed by atoms with E-state index < -0.39 is 0 Å². The third-order valence-corrected chi connectivity index (χ3v) is 15.9. The van der Waals surface area contributed by atoms with Crippen LogP contribution in [0.25, 0.3) is 49.4 Å². The molecular weight excluding hydrogens is 909 g/mol. The van der Waals surface area contributed by atoms with Gasteiger partial charge in [0, 0.05) is 72.7 Å². The van der Waals surface area contributed by atoms with Gasteiger partial charge in [-0.3, -0.25) is 0 Å². The zero-order chi connectivity index (χ0) is 49.9. The molecule has 4 heteroatoms. The third kappa shape index (κ3) is 7.52. The van der Waals surface area contributed by atoms with Crippen LogP contribution in [0, 0.1) is 0 Å². The zero-order valence-electron chi connectivity index (χ0n) is 41.8. The number of nitrogens with zero attached hydrogens (tertiary/aromatic N) is 4. The molecule has 11 aromatic rings.